The molecule has 1 aliphatic heterocycles. The lowest BCUT2D eigenvalue weighted by atomic mass is 9.94. The van der Waals surface area contributed by atoms with E-state index in [9.17, 15) is 10.1 Å². The first-order valence-electron chi connectivity index (χ1n) is 7.25. The molecule has 7 heteroatoms. The number of rotatable bonds is 6. The number of pyridine rings is 1. The van der Waals surface area contributed by atoms with Crippen LogP contribution in [0.2, 0.25) is 0 Å². The molecule has 21 heavy (non-hydrogen) atoms. The molecule has 0 aromatic carbocycles. The summed E-state index contributed by atoms with van der Waals surface area (Å²) >= 11 is 0. The molecule has 1 fully saturated rings. The molecular weight excluding hydrogens is 272 g/mol. The molecule has 1 saturated heterocycles. The Kier molecular flexibility index (Phi) is 4.62. The van der Waals surface area contributed by atoms with E-state index in [4.69, 9.17) is 4.74 Å². The standard InChI is InChI=1S/C14H22N4O3/c1-4-8-15-12-6-5-11(18(19)20)13(16-12)17-14(3)7-9-21-10(14)2/h5-6,10H,4,7-9H2,1-3H3,(H2,15,16,17). The summed E-state index contributed by atoms with van der Waals surface area (Å²) in [5.74, 6) is 0.932. The summed E-state index contributed by atoms with van der Waals surface area (Å²) in [6, 6.07) is 3.12. The number of anilines is 2. The van der Waals surface area contributed by atoms with Crippen molar-refractivity contribution >= 4 is 17.3 Å². The number of hydrogen-bond donors (Lipinski definition) is 2. The highest BCUT2D eigenvalue weighted by molar-refractivity contribution is 5.61. The van der Waals surface area contributed by atoms with Crippen LogP contribution in [0.3, 0.4) is 0 Å². The van der Waals surface area contributed by atoms with E-state index >= 15 is 0 Å². The SMILES string of the molecule is CCCNc1ccc([N+](=O)[O-])c(NC2(C)CCOC2C)n1. The Morgan fingerprint density at radius 1 is 1.57 bits per heavy atom. The molecule has 2 rings (SSSR count). The van der Waals surface area contributed by atoms with E-state index < -0.39 is 4.92 Å². The molecule has 7 nitrogen and oxygen atoms in total. The Labute approximate surface area is 124 Å². The molecule has 1 aromatic rings. The van der Waals surface area contributed by atoms with E-state index in [1.807, 2.05) is 13.8 Å². The molecule has 2 unspecified atom stereocenters. The number of hydrogen-bond acceptors (Lipinski definition) is 6. The molecule has 0 radical (unpaired) electrons. The van der Waals surface area contributed by atoms with Gasteiger partial charge in [-0.05, 0) is 32.8 Å². The van der Waals surface area contributed by atoms with Crippen molar-refractivity contribution in [2.24, 2.45) is 0 Å². The van der Waals surface area contributed by atoms with Gasteiger partial charge in [-0.15, -0.1) is 0 Å². The van der Waals surface area contributed by atoms with Crippen LogP contribution in [0, 0.1) is 10.1 Å². The zero-order chi connectivity index (χ0) is 15.5. The van der Waals surface area contributed by atoms with Gasteiger partial charge in [0.1, 0.15) is 5.82 Å². The zero-order valence-corrected chi connectivity index (χ0v) is 12.7. The van der Waals surface area contributed by atoms with Crippen molar-refractivity contribution in [1.29, 1.82) is 0 Å². The maximum atomic E-state index is 11.2. The summed E-state index contributed by atoms with van der Waals surface area (Å²) in [6.07, 6.45) is 1.73. The monoisotopic (exact) mass is 294 g/mol. The van der Waals surface area contributed by atoms with Crippen molar-refractivity contribution in [3.63, 3.8) is 0 Å². The van der Waals surface area contributed by atoms with Gasteiger partial charge < -0.3 is 15.4 Å². The van der Waals surface area contributed by atoms with Crippen molar-refractivity contribution in [3.05, 3.63) is 22.2 Å². The fraction of sp³-hybridized carbons (Fsp3) is 0.643. The van der Waals surface area contributed by atoms with Gasteiger partial charge in [0.15, 0.2) is 0 Å². The molecule has 0 saturated carbocycles. The van der Waals surface area contributed by atoms with Crippen molar-refractivity contribution < 1.29 is 9.66 Å². The highest BCUT2D eigenvalue weighted by Crippen LogP contribution is 2.33. The first-order chi connectivity index (χ1) is 9.96. The fourth-order valence-electron chi connectivity index (χ4n) is 2.31. The minimum absolute atomic E-state index is 0.0163. The van der Waals surface area contributed by atoms with Gasteiger partial charge in [-0.2, -0.15) is 0 Å². The summed E-state index contributed by atoms with van der Waals surface area (Å²) < 4.78 is 5.56. The molecule has 116 valence electrons. The summed E-state index contributed by atoms with van der Waals surface area (Å²) in [7, 11) is 0. The van der Waals surface area contributed by atoms with Gasteiger partial charge in [0.05, 0.1) is 16.6 Å². The van der Waals surface area contributed by atoms with Crippen LogP contribution in [-0.2, 0) is 4.74 Å². The smallest absolute Gasteiger partial charge is 0.311 e. The van der Waals surface area contributed by atoms with Crippen LogP contribution in [-0.4, -0.2) is 34.7 Å². The van der Waals surface area contributed by atoms with E-state index in [0.29, 0.717) is 18.2 Å². The van der Waals surface area contributed by atoms with Crippen LogP contribution >= 0.6 is 0 Å². The van der Waals surface area contributed by atoms with E-state index in [2.05, 4.69) is 22.5 Å². The Morgan fingerprint density at radius 3 is 2.90 bits per heavy atom. The lowest BCUT2D eigenvalue weighted by Crippen LogP contribution is -2.41. The minimum Gasteiger partial charge on any atom is -0.376 e. The Bertz CT molecular complexity index is 523. The molecular formula is C14H22N4O3. The van der Waals surface area contributed by atoms with E-state index in [1.165, 1.54) is 6.07 Å². The van der Waals surface area contributed by atoms with Crippen LogP contribution in [0.1, 0.15) is 33.6 Å². The van der Waals surface area contributed by atoms with Crippen molar-refractivity contribution in [2.45, 2.75) is 45.3 Å². The predicted octanol–water partition coefficient (Wildman–Crippen LogP) is 2.79. The van der Waals surface area contributed by atoms with E-state index in [1.54, 1.807) is 6.07 Å². The minimum atomic E-state index is -0.414. The van der Waals surface area contributed by atoms with Gasteiger partial charge in [-0.1, -0.05) is 6.92 Å². The summed E-state index contributed by atoms with van der Waals surface area (Å²) in [4.78, 5) is 15.1. The molecule has 1 aliphatic rings. The predicted molar refractivity (Wildman–Crippen MR) is 81.7 cm³/mol. The third kappa shape index (κ3) is 3.41. The molecule has 2 heterocycles. The van der Waals surface area contributed by atoms with Gasteiger partial charge in [-0.3, -0.25) is 10.1 Å². The molecule has 0 amide bonds. The second-order valence-electron chi connectivity index (χ2n) is 5.55. The number of ether oxygens (including phenoxy) is 1. The second kappa shape index (κ2) is 6.26. The maximum absolute atomic E-state index is 11.2. The van der Waals surface area contributed by atoms with Crippen LogP contribution in [0.5, 0.6) is 0 Å². The van der Waals surface area contributed by atoms with Crippen molar-refractivity contribution in [1.82, 2.24) is 4.98 Å². The van der Waals surface area contributed by atoms with Gasteiger partial charge in [0, 0.05) is 19.2 Å². The summed E-state index contributed by atoms with van der Waals surface area (Å²) in [5.41, 5.74) is -0.362. The Balaban J connectivity index is 2.28. The molecule has 2 N–H and O–H groups in total. The highest BCUT2D eigenvalue weighted by Gasteiger charge is 2.38. The number of nitrogens with zero attached hydrogens (tertiary/aromatic N) is 2. The largest absolute Gasteiger partial charge is 0.376 e. The summed E-state index contributed by atoms with van der Waals surface area (Å²) in [5, 5.41) is 17.5. The van der Waals surface area contributed by atoms with Gasteiger partial charge in [0.2, 0.25) is 5.82 Å². The van der Waals surface area contributed by atoms with Crippen LogP contribution < -0.4 is 10.6 Å². The lowest BCUT2D eigenvalue weighted by Gasteiger charge is -2.29. The van der Waals surface area contributed by atoms with Crippen LogP contribution in [0.15, 0.2) is 12.1 Å². The molecule has 1 aromatic heterocycles. The number of nitrogens with one attached hydrogen (secondary N) is 2. The van der Waals surface area contributed by atoms with E-state index in [0.717, 1.165) is 19.4 Å². The zero-order valence-electron chi connectivity index (χ0n) is 12.7. The quantitative estimate of drug-likeness (QED) is 0.619. The number of nitro groups is 1. The maximum Gasteiger partial charge on any atom is 0.311 e. The Morgan fingerprint density at radius 2 is 2.33 bits per heavy atom. The molecule has 0 bridgehead atoms. The fourth-order valence-corrected chi connectivity index (χ4v) is 2.31. The Hall–Kier alpha value is -1.89. The topological polar surface area (TPSA) is 89.3 Å². The second-order valence-corrected chi connectivity index (χ2v) is 5.55. The van der Waals surface area contributed by atoms with Gasteiger partial charge in [0.25, 0.3) is 0 Å². The van der Waals surface area contributed by atoms with Gasteiger partial charge >= 0.3 is 5.69 Å². The van der Waals surface area contributed by atoms with Crippen LogP contribution in [0.25, 0.3) is 0 Å². The van der Waals surface area contributed by atoms with Gasteiger partial charge in [-0.25, -0.2) is 4.98 Å². The normalized spacial score (nSPS) is 24.8. The number of aromatic nitrogens is 1. The molecule has 2 atom stereocenters. The average molecular weight is 294 g/mol. The summed E-state index contributed by atoms with van der Waals surface area (Å²) in [6.45, 7) is 7.44. The molecule has 0 aliphatic carbocycles. The van der Waals surface area contributed by atoms with Crippen LogP contribution in [0.4, 0.5) is 17.3 Å². The third-order valence-corrected chi connectivity index (χ3v) is 3.92. The lowest BCUT2D eigenvalue weighted by molar-refractivity contribution is -0.384. The van der Waals surface area contributed by atoms with Crippen molar-refractivity contribution in [2.75, 3.05) is 23.8 Å². The first kappa shape index (κ1) is 15.5. The molecule has 0 spiro atoms. The van der Waals surface area contributed by atoms with Crippen molar-refractivity contribution in [3.8, 4) is 0 Å². The highest BCUT2D eigenvalue weighted by atomic mass is 16.6. The first-order valence-corrected chi connectivity index (χ1v) is 7.25. The third-order valence-electron chi connectivity index (χ3n) is 3.92. The van der Waals surface area contributed by atoms with E-state index in [-0.39, 0.29) is 17.3 Å². The average Bonchev–Trinajstić information content (AvgIpc) is 2.76.